The molecule has 25 heavy (non-hydrogen) atoms. The molecule has 122 valence electrons. The molecule has 0 aromatic carbocycles. The number of aromatic nitrogens is 4. The van der Waals surface area contributed by atoms with Gasteiger partial charge in [0.25, 0.3) is 5.91 Å². The molecule has 4 aromatic rings. The van der Waals surface area contributed by atoms with Crippen LogP contribution in [0.3, 0.4) is 0 Å². The van der Waals surface area contributed by atoms with Crippen LogP contribution >= 0.6 is 0 Å². The molecule has 4 aromatic heterocycles. The molecule has 0 unspecified atom stereocenters. The van der Waals surface area contributed by atoms with E-state index in [0.29, 0.717) is 11.3 Å². The lowest BCUT2D eigenvalue weighted by Gasteiger charge is -2.08. The monoisotopic (exact) mass is 330 g/mol. The first-order chi connectivity index (χ1) is 12.2. The van der Waals surface area contributed by atoms with Crippen LogP contribution in [0.2, 0.25) is 0 Å². The fourth-order valence-corrected chi connectivity index (χ4v) is 2.50. The largest absolute Gasteiger partial charge is 0.383 e. The third-order valence-electron chi connectivity index (χ3n) is 3.76. The van der Waals surface area contributed by atoms with Crippen molar-refractivity contribution >= 4 is 23.1 Å². The molecule has 0 fully saturated rings. The molecule has 7 heteroatoms. The predicted molar refractivity (Wildman–Crippen MR) is 95.0 cm³/mol. The molecule has 7 nitrogen and oxygen atoms in total. The number of rotatable bonds is 3. The fourth-order valence-electron chi connectivity index (χ4n) is 2.50. The van der Waals surface area contributed by atoms with Crippen LogP contribution in [0.15, 0.2) is 67.4 Å². The lowest BCUT2D eigenvalue weighted by molar-refractivity contribution is 0.102. The first kappa shape index (κ1) is 14.8. The van der Waals surface area contributed by atoms with E-state index in [4.69, 9.17) is 5.73 Å². The first-order valence-electron chi connectivity index (χ1n) is 7.62. The summed E-state index contributed by atoms with van der Waals surface area (Å²) in [6.07, 6.45) is 8.61. The number of amides is 1. The predicted octanol–water partition coefficient (Wildman–Crippen LogP) is 2.63. The molecule has 0 aliphatic carbocycles. The number of carbonyl (C=O) groups is 1. The van der Waals surface area contributed by atoms with Crippen molar-refractivity contribution in [3.8, 4) is 11.3 Å². The molecule has 4 rings (SSSR count). The molecule has 0 atom stereocenters. The van der Waals surface area contributed by atoms with Crippen LogP contribution in [0.4, 0.5) is 11.5 Å². The molecular weight excluding hydrogens is 316 g/mol. The van der Waals surface area contributed by atoms with Gasteiger partial charge < -0.3 is 15.5 Å². The Morgan fingerprint density at radius 2 is 2.00 bits per heavy atom. The summed E-state index contributed by atoms with van der Waals surface area (Å²) in [4.78, 5) is 25.1. The summed E-state index contributed by atoms with van der Waals surface area (Å²) >= 11 is 0. The van der Waals surface area contributed by atoms with E-state index in [1.807, 2.05) is 35.0 Å². The minimum absolute atomic E-state index is 0.166. The van der Waals surface area contributed by atoms with E-state index >= 15 is 0 Å². The van der Waals surface area contributed by atoms with Gasteiger partial charge in [-0.25, -0.2) is 9.97 Å². The van der Waals surface area contributed by atoms with Crippen molar-refractivity contribution < 1.29 is 4.79 Å². The number of anilines is 2. The zero-order valence-corrected chi connectivity index (χ0v) is 13.1. The second kappa shape index (κ2) is 6.04. The topological polar surface area (TPSA) is 98.2 Å². The smallest absolute Gasteiger partial charge is 0.259 e. The second-order valence-corrected chi connectivity index (χ2v) is 5.44. The van der Waals surface area contributed by atoms with Crippen molar-refractivity contribution in [2.45, 2.75) is 0 Å². The SMILES string of the molecule is Nc1ncc(-c2cn3ccccc3n2)cc1C(=O)Nc1ccncc1. The number of nitrogens with two attached hydrogens (primary N) is 1. The second-order valence-electron chi connectivity index (χ2n) is 5.44. The number of nitrogens with one attached hydrogen (secondary N) is 1. The zero-order chi connectivity index (χ0) is 17.2. The molecular formula is C18H14N6O. The lowest BCUT2D eigenvalue weighted by atomic mass is 10.1. The maximum atomic E-state index is 12.5. The van der Waals surface area contributed by atoms with Crippen LogP contribution in [0.5, 0.6) is 0 Å². The Balaban J connectivity index is 1.69. The minimum atomic E-state index is -0.332. The molecule has 4 heterocycles. The Hall–Kier alpha value is -3.74. The normalized spacial score (nSPS) is 10.7. The van der Waals surface area contributed by atoms with E-state index in [1.165, 1.54) is 0 Å². The molecule has 0 aliphatic heterocycles. The Kier molecular flexibility index (Phi) is 3.59. The Morgan fingerprint density at radius 3 is 2.80 bits per heavy atom. The number of nitrogen functional groups attached to an aromatic ring is 1. The number of carbonyl (C=O) groups excluding carboxylic acids is 1. The lowest BCUT2D eigenvalue weighted by Crippen LogP contribution is -2.15. The molecule has 3 N–H and O–H groups in total. The van der Waals surface area contributed by atoms with Crippen molar-refractivity contribution in [1.82, 2.24) is 19.4 Å². The van der Waals surface area contributed by atoms with E-state index in [1.54, 1.807) is 36.8 Å². The van der Waals surface area contributed by atoms with Crippen molar-refractivity contribution in [3.63, 3.8) is 0 Å². The molecule has 0 radical (unpaired) electrons. The third kappa shape index (κ3) is 2.90. The highest BCUT2D eigenvalue weighted by Gasteiger charge is 2.14. The summed E-state index contributed by atoms with van der Waals surface area (Å²) in [6, 6.07) is 10.8. The van der Waals surface area contributed by atoms with Crippen molar-refractivity contribution in [2.75, 3.05) is 11.1 Å². The number of nitrogens with zero attached hydrogens (tertiary/aromatic N) is 4. The van der Waals surface area contributed by atoms with Gasteiger partial charge >= 0.3 is 0 Å². The molecule has 0 saturated carbocycles. The van der Waals surface area contributed by atoms with Gasteiger partial charge in [0, 0.05) is 42.2 Å². The van der Waals surface area contributed by atoms with Crippen molar-refractivity contribution in [3.05, 3.63) is 72.9 Å². The quantitative estimate of drug-likeness (QED) is 0.602. The van der Waals surface area contributed by atoms with E-state index in [9.17, 15) is 4.79 Å². The zero-order valence-electron chi connectivity index (χ0n) is 13.1. The van der Waals surface area contributed by atoms with Gasteiger partial charge in [0.15, 0.2) is 0 Å². The molecule has 1 amide bonds. The van der Waals surface area contributed by atoms with Crippen LogP contribution in [0.25, 0.3) is 16.9 Å². The van der Waals surface area contributed by atoms with E-state index in [0.717, 1.165) is 16.9 Å². The third-order valence-corrected chi connectivity index (χ3v) is 3.76. The summed E-state index contributed by atoms with van der Waals surface area (Å²) in [5.41, 5.74) is 9.08. The number of hydrogen-bond donors (Lipinski definition) is 2. The number of hydrogen-bond acceptors (Lipinski definition) is 5. The summed E-state index contributed by atoms with van der Waals surface area (Å²) in [7, 11) is 0. The highest BCUT2D eigenvalue weighted by atomic mass is 16.1. The van der Waals surface area contributed by atoms with Crippen LogP contribution in [0.1, 0.15) is 10.4 Å². The van der Waals surface area contributed by atoms with Gasteiger partial charge in [-0.3, -0.25) is 9.78 Å². The standard InChI is InChI=1S/C18H14N6O/c19-17-14(18(25)22-13-4-6-20-7-5-13)9-12(10-21-17)15-11-24-8-2-1-3-16(24)23-15/h1-11H,(H2,19,21)(H,20,22,25). The molecule has 0 bridgehead atoms. The molecule has 0 saturated heterocycles. The minimum Gasteiger partial charge on any atom is -0.383 e. The Bertz CT molecular complexity index is 1020. The van der Waals surface area contributed by atoms with E-state index in [-0.39, 0.29) is 11.7 Å². The average molecular weight is 330 g/mol. The van der Waals surface area contributed by atoms with Gasteiger partial charge in [-0.2, -0.15) is 0 Å². The number of pyridine rings is 3. The van der Waals surface area contributed by atoms with Crippen molar-refractivity contribution in [2.24, 2.45) is 0 Å². The van der Waals surface area contributed by atoms with Gasteiger partial charge in [-0.1, -0.05) is 6.07 Å². The van der Waals surface area contributed by atoms with Crippen LogP contribution < -0.4 is 11.1 Å². The average Bonchev–Trinajstić information content (AvgIpc) is 3.07. The highest BCUT2D eigenvalue weighted by molar-refractivity contribution is 6.07. The van der Waals surface area contributed by atoms with Crippen LogP contribution in [0, 0.1) is 0 Å². The van der Waals surface area contributed by atoms with Gasteiger partial charge in [-0.05, 0) is 30.3 Å². The van der Waals surface area contributed by atoms with Crippen LogP contribution in [-0.2, 0) is 0 Å². The summed E-state index contributed by atoms with van der Waals surface area (Å²) in [5.74, 6) is -0.166. The summed E-state index contributed by atoms with van der Waals surface area (Å²) in [6.45, 7) is 0. The maximum absolute atomic E-state index is 12.5. The summed E-state index contributed by atoms with van der Waals surface area (Å²) in [5, 5.41) is 2.78. The Labute approximate surface area is 143 Å². The number of imidazole rings is 1. The summed E-state index contributed by atoms with van der Waals surface area (Å²) < 4.78 is 1.91. The van der Waals surface area contributed by atoms with Crippen molar-refractivity contribution in [1.29, 1.82) is 0 Å². The van der Waals surface area contributed by atoms with Gasteiger partial charge in [-0.15, -0.1) is 0 Å². The van der Waals surface area contributed by atoms with Gasteiger partial charge in [0.1, 0.15) is 11.5 Å². The van der Waals surface area contributed by atoms with E-state index in [2.05, 4.69) is 20.3 Å². The van der Waals surface area contributed by atoms with Crippen LogP contribution in [-0.4, -0.2) is 25.3 Å². The molecule has 0 aliphatic rings. The van der Waals surface area contributed by atoms with Gasteiger partial charge in [0.05, 0.1) is 11.3 Å². The first-order valence-corrected chi connectivity index (χ1v) is 7.62. The maximum Gasteiger partial charge on any atom is 0.259 e. The fraction of sp³-hybridized carbons (Fsp3) is 0. The highest BCUT2D eigenvalue weighted by Crippen LogP contribution is 2.22. The molecule has 0 spiro atoms. The number of fused-ring (bicyclic) bond motifs is 1. The Morgan fingerprint density at radius 1 is 1.16 bits per heavy atom. The van der Waals surface area contributed by atoms with E-state index < -0.39 is 0 Å². The van der Waals surface area contributed by atoms with Gasteiger partial charge in [0.2, 0.25) is 0 Å².